The van der Waals surface area contributed by atoms with Crippen LogP contribution >= 0.6 is 11.8 Å². The van der Waals surface area contributed by atoms with Crippen molar-refractivity contribution in [3.63, 3.8) is 0 Å². The summed E-state index contributed by atoms with van der Waals surface area (Å²) in [5.41, 5.74) is 0. The van der Waals surface area contributed by atoms with E-state index in [1.165, 1.54) is 11.8 Å². The van der Waals surface area contributed by atoms with Crippen LogP contribution in [0.5, 0.6) is 0 Å². The fourth-order valence-electron chi connectivity index (χ4n) is 1.60. The monoisotopic (exact) mass is 214 g/mol. The molecule has 1 aliphatic heterocycles. The lowest BCUT2D eigenvalue weighted by atomic mass is 10.00. The largest absolute Gasteiger partial charge is 0.348 e. The second kappa shape index (κ2) is 6.09. The Hall–Kier alpha value is -0.480. The van der Waals surface area contributed by atoms with Crippen molar-refractivity contribution in [1.82, 2.24) is 10.6 Å². The zero-order chi connectivity index (χ0) is 10.4. The van der Waals surface area contributed by atoms with Gasteiger partial charge in [-0.25, -0.2) is 0 Å². The lowest BCUT2D eigenvalue weighted by Gasteiger charge is -2.30. The normalized spacial score (nSPS) is 27.9. The van der Waals surface area contributed by atoms with Gasteiger partial charge in [0, 0.05) is 18.2 Å². The average molecular weight is 214 g/mol. The van der Waals surface area contributed by atoms with Gasteiger partial charge in [-0.1, -0.05) is 0 Å². The van der Waals surface area contributed by atoms with Gasteiger partial charge in [-0.15, -0.1) is 11.8 Å². The highest BCUT2D eigenvalue weighted by Crippen LogP contribution is 2.08. The predicted molar refractivity (Wildman–Crippen MR) is 61.3 cm³/mol. The summed E-state index contributed by atoms with van der Waals surface area (Å²) in [6, 6.07) is 0.665. The molecule has 2 atom stereocenters. The van der Waals surface area contributed by atoms with Gasteiger partial charge in [0.1, 0.15) is 0 Å². The van der Waals surface area contributed by atoms with E-state index in [1.807, 2.05) is 6.26 Å². The highest BCUT2D eigenvalue weighted by Gasteiger charge is 2.21. The van der Waals surface area contributed by atoms with Crippen LogP contribution in [-0.4, -0.2) is 30.8 Å². The zero-order valence-corrected chi connectivity index (χ0v) is 9.56. The predicted octanol–water partition coefficient (Wildman–Crippen LogP) is 1.12. The maximum atomic E-state index is 11.4. The van der Waals surface area contributed by atoms with E-state index in [-0.39, 0.29) is 11.9 Å². The lowest BCUT2D eigenvalue weighted by molar-refractivity contribution is -0.117. The van der Waals surface area contributed by atoms with Crippen LogP contribution in [0.1, 0.15) is 19.8 Å². The molecule has 1 rings (SSSR count). The number of nitrogens with one attached hydrogen (secondary N) is 2. The van der Waals surface area contributed by atoms with Crippen molar-refractivity contribution in [3.05, 3.63) is 11.5 Å². The molecule has 0 aromatic heterocycles. The van der Waals surface area contributed by atoms with Gasteiger partial charge in [-0.05, 0) is 38.0 Å². The Morgan fingerprint density at radius 1 is 1.64 bits per heavy atom. The molecule has 0 bridgehead atoms. The summed E-state index contributed by atoms with van der Waals surface area (Å²) in [5, 5.41) is 8.15. The first kappa shape index (κ1) is 11.6. The van der Waals surface area contributed by atoms with Gasteiger partial charge < -0.3 is 10.6 Å². The van der Waals surface area contributed by atoms with Crippen molar-refractivity contribution in [2.45, 2.75) is 31.8 Å². The molecule has 0 aliphatic carbocycles. The molecule has 1 amide bonds. The van der Waals surface area contributed by atoms with Crippen molar-refractivity contribution < 1.29 is 4.79 Å². The van der Waals surface area contributed by atoms with Crippen LogP contribution in [0.3, 0.4) is 0 Å². The first-order valence-corrected chi connectivity index (χ1v) is 6.26. The Balaban J connectivity index is 2.34. The van der Waals surface area contributed by atoms with Gasteiger partial charge in [0.25, 0.3) is 0 Å². The van der Waals surface area contributed by atoms with E-state index in [2.05, 4.69) is 17.6 Å². The number of piperidine rings is 1. The molecule has 0 aromatic rings. The molecule has 1 aliphatic rings. The van der Waals surface area contributed by atoms with Crippen LogP contribution in [0.25, 0.3) is 0 Å². The summed E-state index contributed by atoms with van der Waals surface area (Å²) in [6.07, 6.45) is 5.75. The summed E-state index contributed by atoms with van der Waals surface area (Å²) in [6.45, 7) is 3.18. The smallest absolute Gasteiger partial charge is 0.244 e. The zero-order valence-electron chi connectivity index (χ0n) is 8.75. The fourth-order valence-corrected chi connectivity index (χ4v) is 1.86. The number of hydrogen-bond acceptors (Lipinski definition) is 3. The van der Waals surface area contributed by atoms with Crippen LogP contribution in [0.4, 0.5) is 0 Å². The minimum absolute atomic E-state index is 0.0138. The molecule has 0 spiro atoms. The van der Waals surface area contributed by atoms with Crippen LogP contribution in [0.2, 0.25) is 0 Å². The van der Waals surface area contributed by atoms with Gasteiger partial charge >= 0.3 is 0 Å². The average Bonchev–Trinajstić information content (AvgIpc) is 2.18. The first-order chi connectivity index (χ1) is 6.74. The molecule has 0 saturated carbocycles. The van der Waals surface area contributed by atoms with E-state index in [1.54, 1.807) is 11.5 Å². The van der Waals surface area contributed by atoms with Crippen LogP contribution < -0.4 is 10.6 Å². The molecule has 0 aromatic carbocycles. The fraction of sp³-hybridized carbons (Fsp3) is 0.700. The third-order valence-corrected chi connectivity index (χ3v) is 2.85. The highest BCUT2D eigenvalue weighted by molar-refractivity contribution is 8.01. The standard InChI is InChI=1S/C10H18N2OS/c1-8-9(4-3-6-11-8)12-10(13)5-7-14-2/h5,7-9,11H,3-4,6H2,1-2H3,(H,12,13)/b7-5+. The SMILES string of the molecule is CS/C=C/C(=O)NC1CCCNC1C. The summed E-state index contributed by atoms with van der Waals surface area (Å²) < 4.78 is 0. The Bertz CT molecular complexity index is 218. The van der Waals surface area contributed by atoms with Crippen LogP contribution in [-0.2, 0) is 4.79 Å². The molecule has 1 heterocycles. The van der Waals surface area contributed by atoms with E-state index in [0.717, 1.165) is 19.4 Å². The van der Waals surface area contributed by atoms with Gasteiger partial charge in [0.05, 0.1) is 0 Å². The number of amides is 1. The van der Waals surface area contributed by atoms with Gasteiger partial charge in [0.15, 0.2) is 0 Å². The number of thioether (sulfide) groups is 1. The van der Waals surface area contributed by atoms with Crippen LogP contribution in [0.15, 0.2) is 11.5 Å². The molecule has 1 saturated heterocycles. The Morgan fingerprint density at radius 2 is 2.43 bits per heavy atom. The number of carbonyl (C=O) groups excluding carboxylic acids is 1. The second-order valence-corrected chi connectivity index (χ2v) is 4.28. The minimum atomic E-state index is 0.0138. The Labute approximate surface area is 89.7 Å². The van der Waals surface area contributed by atoms with Crippen molar-refractivity contribution >= 4 is 17.7 Å². The summed E-state index contributed by atoms with van der Waals surface area (Å²) in [7, 11) is 0. The maximum Gasteiger partial charge on any atom is 0.244 e. The van der Waals surface area contributed by atoms with E-state index in [4.69, 9.17) is 0 Å². The number of carbonyl (C=O) groups is 1. The highest BCUT2D eigenvalue weighted by atomic mass is 32.2. The quantitative estimate of drug-likeness (QED) is 0.692. The molecular formula is C10H18N2OS. The third-order valence-electron chi connectivity index (χ3n) is 2.44. The van der Waals surface area contributed by atoms with Gasteiger partial charge in [-0.3, -0.25) is 4.79 Å². The van der Waals surface area contributed by atoms with E-state index in [0.29, 0.717) is 6.04 Å². The van der Waals surface area contributed by atoms with Crippen molar-refractivity contribution in [2.24, 2.45) is 0 Å². The van der Waals surface area contributed by atoms with E-state index in [9.17, 15) is 4.79 Å². The summed E-state index contributed by atoms with van der Waals surface area (Å²) >= 11 is 1.54. The molecule has 2 unspecified atom stereocenters. The maximum absolute atomic E-state index is 11.4. The summed E-state index contributed by atoms with van der Waals surface area (Å²) in [5.74, 6) is 0.0138. The lowest BCUT2D eigenvalue weighted by Crippen LogP contribution is -2.51. The molecule has 14 heavy (non-hydrogen) atoms. The second-order valence-electron chi connectivity index (χ2n) is 3.54. The molecular weight excluding hydrogens is 196 g/mol. The van der Waals surface area contributed by atoms with E-state index >= 15 is 0 Å². The number of hydrogen-bond donors (Lipinski definition) is 2. The minimum Gasteiger partial charge on any atom is -0.348 e. The molecule has 80 valence electrons. The summed E-state index contributed by atoms with van der Waals surface area (Å²) in [4.78, 5) is 11.4. The Morgan fingerprint density at radius 3 is 3.07 bits per heavy atom. The topological polar surface area (TPSA) is 41.1 Å². The molecule has 2 N–H and O–H groups in total. The van der Waals surface area contributed by atoms with Crippen LogP contribution in [0, 0.1) is 0 Å². The molecule has 4 heteroatoms. The van der Waals surface area contributed by atoms with Gasteiger partial charge in [-0.2, -0.15) is 0 Å². The van der Waals surface area contributed by atoms with Crippen molar-refractivity contribution in [3.8, 4) is 0 Å². The molecule has 1 fully saturated rings. The van der Waals surface area contributed by atoms with Crippen molar-refractivity contribution in [2.75, 3.05) is 12.8 Å². The Kier molecular flexibility index (Phi) is 5.04. The first-order valence-electron chi connectivity index (χ1n) is 4.97. The third kappa shape index (κ3) is 3.72. The van der Waals surface area contributed by atoms with Crippen molar-refractivity contribution in [1.29, 1.82) is 0 Å². The van der Waals surface area contributed by atoms with Gasteiger partial charge in [0.2, 0.25) is 5.91 Å². The van der Waals surface area contributed by atoms with E-state index < -0.39 is 0 Å². The molecule has 0 radical (unpaired) electrons. The number of rotatable bonds is 3. The molecule has 3 nitrogen and oxygen atoms in total.